The summed E-state index contributed by atoms with van der Waals surface area (Å²) in [6.45, 7) is 0. The summed E-state index contributed by atoms with van der Waals surface area (Å²) in [6, 6.07) is 15.6. The summed E-state index contributed by atoms with van der Waals surface area (Å²) in [5, 5.41) is 17.2. The van der Waals surface area contributed by atoms with E-state index in [2.05, 4.69) is 0 Å². The van der Waals surface area contributed by atoms with Crippen LogP contribution in [0, 0.1) is 5.92 Å². The van der Waals surface area contributed by atoms with Gasteiger partial charge in [-0.05, 0) is 84.8 Å². The SMILES string of the molecule is COc1ccc(N2N=C(c3ccc(-c4cc(C(F)(F)F)cc(C(F)(F)F)c4)cc3)[C@H]3CCCC(O)CC[C@@H]32)cc1. The fourth-order valence-electron chi connectivity index (χ4n) is 5.56. The van der Waals surface area contributed by atoms with Gasteiger partial charge in [0, 0.05) is 5.92 Å². The minimum atomic E-state index is -4.92. The molecular formula is C30H28F6N2O2. The average molecular weight is 563 g/mol. The lowest BCUT2D eigenvalue weighted by Gasteiger charge is -2.31. The lowest BCUT2D eigenvalue weighted by Crippen LogP contribution is -2.36. The fourth-order valence-corrected chi connectivity index (χ4v) is 5.56. The molecule has 1 aliphatic heterocycles. The molecule has 0 spiro atoms. The number of anilines is 1. The van der Waals surface area contributed by atoms with Crippen molar-refractivity contribution in [1.29, 1.82) is 0 Å². The maximum atomic E-state index is 13.4. The van der Waals surface area contributed by atoms with E-state index in [9.17, 15) is 31.4 Å². The van der Waals surface area contributed by atoms with E-state index in [-0.39, 0.29) is 35.3 Å². The second kappa shape index (κ2) is 10.8. The van der Waals surface area contributed by atoms with Gasteiger partial charge in [-0.1, -0.05) is 30.7 Å². The molecule has 1 heterocycles. The van der Waals surface area contributed by atoms with Gasteiger partial charge in [0.1, 0.15) is 5.75 Å². The fraction of sp³-hybridized carbons (Fsp3) is 0.367. The van der Waals surface area contributed by atoms with E-state index in [0.29, 0.717) is 25.0 Å². The number of nitrogens with zero attached hydrogens (tertiary/aromatic N) is 2. The van der Waals surface area contributed by atoms with Crippen LogP contribution in [0.4, 0.5) is 32.0 Å². The topological polar surface area (TPSA) is 45.1 Å². The zero-order chi connectivity index (χ0) is 28.7. The lowest BCUT2D eigenvalue weighted by molar-refractivity contribution is -0.143. The Morgan fingerprint density at radius 1 is 0.750 bits per heavy atom. The Balaban J connectivity index is 1.51. The van der Waals surface area contributed by atoms with E-state index in [1.165, 1.54) is 12.1 Å². The van der Waals surface area contributed by atoms with Crippen LogP contribution in [0.1, 0.15) is 48.8 Å². The van der Waals surface area contributed by atoms with Gasteiger partial charge in [0.05, 0.1) is 41.8 Å². The van der Waals surface area contributed by atoms with Crippen molar-refractivity contribution >= 4 is 11.4 Å². The van der Waals surface area contributed by atoms with Crippen LogP contribution in [-0.2, 0) is 12.4 Å². The molecule has 0 radical (unpaired) electrons. The number of aliphatic hydroxyl groups is 1. The molecule has 2 aliphatic rings. The van der Waals surface area contributed by atoms with E-state index in [1.54, 1.807) is 19.2 Å². The number of halogens is 6. The number of methoxy groups -OCH3 is 1. The van der Waals surface area contributed by atoms with Gasteiger partial charge in [0.2, 0.25) is 0 Å². The van der Waals surface area contributed by atoms with Gasteiger partial charge in [-0.15, -0.1) is 0 Å². The third-order valence-electron chi connectivity index (χ3n) is 7.63. The Morgan fingerprint density at radius 3 is 1.93 bits per heavy atom. The van der Waals surface area contributed by atoms with Crippen molar-refractivity contribution in [2.75, 3.05) is 12.1 Å². The van der Waals surface area contributed by atoms with Crippen molar-refractivity contribution in [3.05, 3.63) is 83.4 Å². The maximum Gasteiger partial charge on any atom is 0.416 e. The van der Waals surface area contributed by atoms with Gasteiger partial charge in [-0.3, -0.25) is 5.01 Å². The summed E-state index contributed by atoms with van der Waals surface area (Å²) in [6.07, 6.45) is -6.58. The Kier molecular flexibility index (Phi) is 7.56. The van der Waals surface area contributed by atoms with Gasteiger partial charge >= 0.3 is 12.4 Å². The minimum absolute atomic E-state index is 0.00386. The zero-order valence-electron chi connectivity index (χ0n) is 21.6. The molecule has 1 N–H and O–H groups in total. The molecule has 40 heavy (non-hydrogen) atoms. The summed E-state index contributed by atoms with van der Waals surface area (Å²) in [5.41, 5.74) is -0.209. The van der Waals surface area contributed by atoms with Crippen LogP contribution in [0.3, 0.4) is 0 Å². The van der Waals surface area contributed by atoms with E-state index < -0.39 is 23.5 Å². The van der Waals surface area contributed by atoms with Gasteiger partial charge in [0.25, 0.3) is 0 Å². The van der Waals surface area contributed by atoms with Crippen molar-refractivity contribution in [2.45, 2.75) is 56.6 Å². The highest BCUT2D eigenvalue weighted by Crippen LogP contribution is 2.41. The summed E-state index contributed by atoms with van der Waals surface area (Å²) in [7, 11) is 1.58. The van der Waals surface area contributed by atoms with Crippen LogP contribution in [-0.4, -0.2) is 30.1 Å². The molecule has 0 saturated heterocycles. The minimum Gasteiger partial charge on any atom is -0.497 e. The van der Waals surface area contributed by atoms with Crippen molar-refractivity contribution in [2.24, 2.45) is 11.0 Å². The number of hydrazone groups is 1. The molecule has 0 bridgehead atoms. The molecule has 3 aromatic rings. The van der Waals surface area contributed by atoms with Gasteiger partial charge in [-0.25, -0.2) is 0 Å². The van der Waals surface area contributed by atoms with E-state index in [0.717, 1.165) is 41.9 Å². The normalized spacial score (nSPS) is 21.9. The first-order chi connectivity index (χ1) is 18.9. The summed E-state index contributed by atoms with van der Waals surface area (Å²) in [4.78, 5) is 0. The third-order valence-corrected chi connectivity index (χ3v) is 7.63. The number of benzene rings is 3. The highest BCUT2D eigenvalue weighted by Gasteiger charge is 2.40. The predicted molar refractivity (Wildman–Crippen MR) is 140 cm³/mol. The molecule has 1 saturated carbocycles. The molecule has 0 amide bonds. The third kappa shape index (κ3) is 5.82. The average Bonchev–Trinajstić information content (AvgIpc) is 3.27. The second-order valence-corrected chi connectivity index (χ2v) is 10.2. The van der Waals surface area contributed by atoms with E-state index in [4.69, 9.17) is 9.84 Å². The molecule has 212 valence electrons. The lowest BCUT2D eigenvalue weighted by atomic mass is 9.81. The quantitative estimate of drug-likeness (QED) is 0.329. The number of hydrogen-bond acceptors (Lipinski definition) is 4. The first kappa shape index (κ1) is 28.0. The molecule has 5 rings (SSSR count). The predicted octanol–water partition coefficient (Wildman–Crippen LogP) is 7.93. The van der Waals surface area contributed by atoms with Gasteiger partial charge < -0.3 is 9.84 Å². The summed E-state index contributed by atoms with van der Waals surface area (Å²) >= 11 is 0. The highest BCUT2D eigenvalue weighted by molar-refractivity contribution is 6.05. The van der Waals surface area contributed by atoms with Gasteiger partial charge in [-0.2, -0.15) is 31.4 Å². The largest absolute Gasteiger partial charge is 0.497 e. The molecular weight excluding hydrogens is 534 g/mol. The molecule has 1 unspecified atom stereocenters. The van der Waals surface area contributed by atoms with Gasteiger partial charge in [0.15, 0.2) is 0 Å². The Hall–Kier alpha value is -3.53. The van der Waals surface area contributed by atoms with Crippen molar-refractivity contribution in [1.82, 2.24) is 0 Å². The zero-order valence-corrected chi connectivity index (χ0v) is 21.6. The number of hydrogen-bond donors (Lipinski definition) is 1. The van der Waals surface area contributed by atoms with E-state index >= 15 is 0 Å². The maximum absolute atomic E-state index is 13.4. The van der Waals surface area contributed by atoms with Crippen LogP contribution in [0.25, 0.3) is 11.1 Å². The van der Waals surface area contributed by atoms with E-state index in [1.807, 2.05) is 29.3 Å². The second-order valence-electron chi connectivity index (χ2n) is 10.2. The number of fused-ring (bicyclic) bond motifs is 1. The molecule has 1 fully saturated rings. The number of rotatable bonds is 4. The molecule has 1 aliphatic carbocycles. The first-order valence-corrected chi connectivity index (χ1v) is 13.0. The van der Waals surface area contributed by atoms with Crippen molar-refractivity contribution < 1.29 is 36.2 Å². The first-order valence-electron chi connectivity index (χ1n) is 13.0. The molecule has 3 aromatic carbocycles. The number of aliphatic hydroxyl groups excluding tert-OH is 1. The monoisotopic (exact) mass is 562 g/mol. The molecule has 10 heteroatoms. The summed E-state index contributed by atoms with van der Waals surface area (Å²) < 4.78 is 85.5. The highest BCUT2D eigenvalue weighted by atomic mass is 19.4. The van der Waals surface area contributed by atoms with Crippen LogP contribution >= 0.6 is 0 Å². The number of ether oxygens (including phenoxy) is 1. The smallest absolute Gasteiger partial charge is 0.416 e. The molecule has 0 aromatic heterocycles. The summed E-state index contributed by atoms with van der Waals surface area (Å²) in [5.74, 6) is 0.751. The molecule has 4 nitrogen and oxygen atoms in total. The Bertz CT molecular complexity index is 1330. The van der Waals surface area contributed by atoms with Crippen LogP contribution in [0.15, 0.2) is 71.8 Å². The van der Waals surface area contributed by atoms with Crippen molar-refractivity contribution in [3.8, 4) is 16.9 Å². The standard InChI is InChI=1S/C30H28F6N2O2/c1-40-25-12-9-23(10-13-25)38-27-14-11-24(39)3-2-4-26(27)28(37-38)19-7-5-18(6-8-19)20-15-21(29(31,32)33)17-22(16-20)30(34,35)36/h5-10,12-13,15-17,24,26-27,39H,2-4,11,14H2,1H3/t24?,26-,27-/m0/s1. The van der Waals surface area contributed by atoms with Crippen LogP contribution < -0.4 is 9.75 Å². The Labute approximate surface area is 227 Å². The van der Waals surface area contributed by atoms with Crippen molar-refractivity contribution in [3.63, 3.8) is 0 Å². The van der Waals surface area contributed by atoms with Crippen LogP contribution in [0.5, 0.6) is 5.75 Å². The molecule has 3 atom stereocenters. The number of alkyl halides is 6. The van der Waals surface area contributed by atoms with Crippen LogP contribution in [0.2, 0.25) is 0 Å². The Morgan fingerprint density at radius 2 is 1.35 bits per heavy atom.